The van der Waals surface area contributed by atoms with Crippen LogP contribution in [-0.4, -0.2) is 0 Å². The van der Waals surface area contributed by atoms with Crippen LogP contribution in [0.5, 0.6) is 0 Å². The predicted octanol–water partition coefficient (Wildman–Crippen LogP) is 16.7. The molecule has 2 nitrogen and oxygen atoms in total. The summed E-state index contributed by atoms with van der Waals surface area (Å²) in [5.41, 5.74) is 13.2. The Hall–Kier alpha value is -7.94. The summed E-state index contributed by atoms with van der Waals surface area (Å²) in [5.74, 6) is 0. The summed E-state index contributed by atoms with van der Waals surface area (Å²) in [5, 5.41) is 9.44. The van der Waals surface area contributed by atoms with Crippen LogP contribution in [0.2, 0.25) is 0 Å². The van der Waals surface area contributed by atoms with Crippen LogP contribution in [0.4, 0.5) is 17.1 Å². The molecule has 0 amide bonds. The molecule has 10 aromatic carbocycles. The fraction of sp³-hybridized carbons (Fsp3) is 0. The summed E-state index contributed by atoms with van der Waals surface area (Å²) in [6.45, 7) is 3.93. The van der Waals surface area contributed by atoms with Crippen LogP contribution in [0.3, 0.4) is 0 Å². The fourth-order valence-electron chi connectivity index (χ4n) is 8.93. The maximum atomic E-state index is 6.43. The number of nitrogens with zero attached hydrogens (tertiary/aromatic N) is 1. The Balaban J connectivity index is 1.07. The molecule has 0 fully saturated rings. The highest BCUT2D eigenvalue weighted by atomic mass is 16.3. The van der Waals surface area contributed by atoms with Gasteiger partial charge in [0.15, 0.2) is 0 Å². The van der Waals surface area contributed by atoms with Gasteiger partial charge in [0, 0.05) is 27.4 Å². The van der Waals surface area contributed by atoms with E-state index < -0.39 is 0 Å². The monoisotopic (exact) mass is 765 g/mol. The molecule has 0 aliphatic heterocycles. The molecule has 0 aliphatic carbocycles. The van der Waals surface area contributed by atoms with Crippen molar-refractivity contribution in [3.8, 4) is 33.4 Å². The van der Waals surface area contributed by atoms with Crippen molar-refractivity contribution in [2.75, 3.05) is 4.90 Å². The minimum Gasteiger partial charge on any atom is -0.456 e. The van der Waals surface area contributed by atoms with Crippen LogP contribution in [0.25, 0.3) is 93.7 Å². The van der Waals surface area contributed by atoms with Crippen molar-refractivity contribution < 1.29 is 4.42 Å². The Bertz CT molecular complexity index is 3450. The Morgan fingerprint density at radius 1 is 0.383 bits per heavy atom. The van der Waals surface area contributed by atoms with Gasteiger partial charge in [0.05, 0.1) is 11.4 Å². The number of anilines is 3. The average Bonchev–Trinajstić information content (AvgIpc) is 3.67. The van der Waals surface area contributed by atoms with Gasteiger partial charge in [-0.15, -0.1) is 0 Å². The van der Waals surface area contributed by atoms with Crippen molar-refractivity contribution in [2.24, 2.45) is 0 Å². The number of hydrogen-bond donors (Lipinski definition) is 0. The molecule has 0 unspecified atom stereocenters. The van der Waals surface area contributed by atoms with E-state index in [1.165, 1.54) is 43.6 Å². The second-order valence-corrected chi connectivity index (χ2v) is 15.3. The van der Waals surface area contributed by atoms with Crippen LogP contribution in [0.15, 0.2) is 229 Å². The van der Waals surface area contributed by atoms with Crippen molar-refractivity contribution in [3.63, 3.8) is 0 Å². The smallest absolute Gasteiger partial charge is 0.136 e. The number of fused-ring (bicyclic) bond motifs is 6. The Kier molecular flexibility index (Phi) is 8.68. The molecule has 0 N–H and O–H groups in total. The molecule has 11 rings (SSSR count). The van der Waals surface area contributed by atoms with Gasteiger partial charge in [-0.05, 0) is 115 Å². The first-order valence-corrected chi connectivity index (χ1v) is 20.4. The molecule has 282 valence electrons. The fourth-order valence-corrected chi connectivity index (χ4v) is 8.93. The molecular formula is C58H39NO. The molecule has 11 aromatic rings. The predicted molar refractivity (Wildman–Crippen MR) is 256 cm³/mol. The first kappa shape index (κ1) is 35.2. The molecule has 0 saturated heterocycles. The van der Waals surface area contributed by atoms with Crippen LogP contribution < -0.4 is 4.90 Å². The lowest BCUT2D eigenvalue weighted by Crippen LogP contribution is -2.11. The minimum absolute atomic E-state index is 0.882. The molecule has 1 heterocycles. The zero-order chi connectivity index (χ0) is 40.0. The van der Waals surface area contributed by atoms with E-state index in [1.54, 1.807) is 0 Å². The number of benzene rings is 10. The molecule has 1 aromatic heterocycles. The maximum Gasteiger partial charge on any atom is 0.136 e. The van der Waals surface area contributed by atoms with E-state index in [4.69, 9.17) is 4.42 Å². The summed E-state index contributed by atoms with van der Waals surface area (Å²) in [6, 6.07) is 74.5. The van der Waals surface area contributed by atoms with E-state index in [1.807, 2.05) is 12.2 Å². The van der Waals surface area contributed by atoms with E-state index in [-0.39, 0.29) is 0 Å². The van der Waals surface area contributed by atoms with Crippen molar-refractivity contribution in [3.05, 3.63) is 231 Å². The SMILES string of the molecule is C=C/C=C\c1cccc2c(N(c3ccc(-c4cccc(-c5cccc6ccccc56)c4)cc3)c3ccccc3-c3ccc4oc5cc6ccccc6cc5c4c3)cccc12. The number of para-hydroxylation sites is 1. The van der Waals surface area contributed by atoms with E-state index in [0.717, 1.165) is 66.6 Å². The molecular weight excluding hydrogens is 727 g/mol. The second kappa shape index (κ2) is 14.8. The zero-order valence-electron chi connectivity index (χ0n) is 32.9. The maximum absolute atomic E-state index is 6.43. The third-order valence-corrected chi connectivity index (χ3v) is 11.8. The van der Waals surface area contributed by atoms with Gasteiger partial charge >= 0.3 is 0 Å². The van der Waals surface area contributed by atoms with Crippen molar-refractivity contribution in [1.82, 2.24) is 0 Å². The zero-order valence-corrected chi connectivity index (χ0v) is 32.9. The summed E-state index contributed by atoms with van der Waals surface area (Å²) >= 11 is 0. The number of rotatable bonds is 8. The third-order valence-electron chi connectivity index (χ3n) is 11.8. The van der Waals surface area contributed by atoms with Gasteiger partial charge in [0.1, 0.15) is 11.2 Å². The van der Waals surface area contributed by atoms with E-state index in [0.29, 0.717) is 0 Å². The first-order valence-electron chi connectivity index (χ1n) is 20.4. The Labute approximate surface area is 349 Å². The summed E-state index contributed by atoms with van der Waals surface area (Å²) in [6.07, 6.45) is 5.96. The first-order chi connectivity index (χ1) is 29.7. The normalized spacial score (nSPS) is 11.7. The molecule has 0 radical (unpaired) electrons. The second-order valence-electron chi connectivity index (χ2n) is 15.3. The van der Waals surface area contributed by atoms with Crippen LogP contribution in [0.1, 0.15) is 5.56 Å². The van der Waals surface area contributed by atoms with Gasteiger partial charge in [0.25, 0.3) is 0 Å². The van der Waals surface area contributed by atoms with Gasteiger partial charge in [0.2, 0.25) is 0 Å². The quantitative estimate of drug-likeness (QED) is 0.143. The van der Waals surface area contributed by atoms with Crippen LogP contribution in [-0.2, 0) is 0 Å². The molecule has 0 saturated carbocycles. The van der Waals surface area contributed by atoms with Gasteiger partial charge in [-0.2, -0.15) is 0 Å². The van der Waals surface area contributed by atoms with E-state index in [9.17, 15) is 0 Å². The van der Waals surface area contributed by atoms with Crippen molar-refractivity contribution >= 4 is 77.4 Å². The van der Waals surface area contributed by atoms with Gasteiger partial charge in [-0.25, -0.2) is 0 Å². The molecule has 2 heteroatoms. The number of allylic oxidation sites excluding steroid dienone is 2. The number of furan rings is 1. The Morgan fingerprint density at radius 2 is 1.00 bits per heavy atom. The van der Waals surface area contributed by atoms with Crippen molar-refractivity contribution in [1.29, 1.82) is 0 Å². The van der Waals surface area contributed by atoms with Gasteiger partial charge in [-0.1, -0.05) is 176 Å². The van der Waals surface area contributed by atoms with E-state index >= 15 is 0 Å². The summed E-state index contributed by atoms with van der Waals surface area (Å²) in [7, 11) is 0. The Morgan fingerprint density at radius 3 is 1.88 bits per heavy atom. The summed E-state index contributed by atoms with van der Waals surface area (Å²) in [4.78, 5) is 2.42. The lowest BCUT2D eigenvalue weighted by molar-refractivity contribution is 0.669. The molecule has 0 spiro atoms. The highest BCUT2D eigenvalue weighted by Gasteiger charge is 2.21. The molecule has 0 atom stereocenters. The average molecular weight is 766 g/mol. The lowest BCUT2D eigenvalue weighted by Gasteiger charge is -2.29. The largest absolute Gasteiger partial charge is 0.456 e. The van der Waals surface area contributed by atoms with Crippen LogP contribution in [0, 0.1) is 0 Å². The molecule has 0 aliphatic rings. The molecule has 60 heavy (non-hydrogen) atoms. The van der Waals surface area contributed by atoms with E-state index in [2.05, 4.69) is 224 Å². The third kappa shape index (κ3) is 6.14. The highest BCUT2D eigenvalue weighted by molar-refractivity contribution is 6.12. The summed E-state index contributed by atoms with van der Waals surface area (Å²) < 4.78 is 6.43. The number of hydrogen-bond acceptors (Lipinski definition) is 2. The van der Waals surface area contributed by atoms with Gasteiger partial charge < -0.3 is 9.32 Å². The highest BCUT2D eigenvalue weighted by Crippen LogP contribution is 2.45. The molecule has 0 bridgehead atoms. The van der Waals surface area contributed by atoms with Crippen molar-refractivity contribution in [2.45, 2.75) is 0 Å². The lowest BCUT2D eigenvalue weighted by atomic mass is 9.95. The van der Waals surface area contributed by atoms with Crippen LogP contribution >= 0.6 is 0 Å². The van der Waals surface area contributed by atoms with Gasteiger partial charge in [-0.3, -0.25) is 0 Å². The topological polar surface area (TPSA) is 16.4 Å². The minimum atomic E-state index is 0.882. The standard InChI is InChI=1S/C58H39NO/c1-2-3-14-40-19-12-26-52-49(40)25-13-28-56(52)59(47-32-29-39(30-33-47)42-20-10-21-45(35-42)50-24-11-18-41-15-6-7-22-48(41)50)55-27-9-8-23-51(55)46-31-34-57-53(37-46)54-36-43-16-4-5-17-44(43)38-58(54)60-57/h2-38H,1H2/b14-3-.